The summed E-state index contributed by atoms with van der Waals surface area (Å²) in [5.41, 5.74) is 2.24. The highest BCUT2D eigenvalue weighted by Crippen LogP contribution is 2.37. The zero-order valence-corrected chi connectivity index (χ0v) is 17.7. The first kappa shape index (κ1) is 21.4. The zero-order chi connectivity index (χ0) is 19.9. The standard InChI is InChI=1S/C22H30ClNO3/c1-6-25-20-14-16(15-24-5)13-18(23)21(20)27-12-11-26-19-10-8-7-9-17(19)22(2,3)4/h7-10,13-14,24H,6,11-12,15H2,1-5H3. The fourth-order valence-corrected chi connectivity index (χ4v) is 3.13. The smallest absolute Gasteiger partial charge is 0.179 e. The second-order valence-corrected chi connectivity index (χ2v) is 7.72. The van der Waals surface area contributed by atoms with Gasteiger partial charge in [0.25, 0.3) is 0 Å². The van der Waals surface area contributed by atoms with Gasteiger partial charge in [-0.2, -0.15) is 0 Å². The lowest BCUT2D eigenvalue weighted by atomic mass is 9.86. The monoisotopic (exact) mass is 391 g/mol. The van der Waals surface area contributed by atoms with Gasteiger partial charge in [-0.05, 0) is 48.7 Å². The molecule has 0 heterocycles. The van der Waals surface area contributed by atoms with Gasteiger partial charge in [-0.3, -0.25) is 0 Å². The Kier molecular flexibility index (Phi) is 7.81. The third kappa shape index (κ3) is 6.05. The summed E-state index contributed by atoms with van der Waals surface area (Å²) in [6, 6.07) is 12.0. The van der Waals surface area contributed by atoms with Crippen LogP contribution in [0.25, 0.3) is 0 Å². The topological polar surface area (TPSA) is 39.7 Å². The summed E-state index contributed by atoms with van der Waals surface area (Å²) in [5.74, 6) is 2.10. The maximum atomic E-state index is 6.41. The second-order valence-electron chi connectivity index (χ2n) is 7.31. The minimum absolute atomic E-state index is 0.0199. The molecule has 0 unspecified atom stereocenters. The van der Waals surface area contributed by atoms with Gasteiger partial charge in [0.2, 0.25) is 0 Å². The Hall–Kier alpha value is -1.91. The molecule has 0 bridgehead atoms. The third-order valence-electron chi connectivity index (χ3n) is 4.03. The first-order valence-corrected chi connectivity index (χ1v) is 9.69. The lowest BCUT2D eigenvalue weighted by molar-refractivity contribution is 0.206. The first-order chi connectivity index (χ1) is 12.9. The summed E-state index contributed by atoms with van der Waals surface area (Å²) >= 11 is 6.41. The lowest BCUT2D eigenvalue weighted by Gasteiger charge is -2.22. The summed E-state index contributed by atoms with van der Waals surface area (Å²) in [6.07, 6.45) is 0. The van der Waals surface area contributed by atoms with Crippen molar-refractivity contribution in [3.63, 3.8) is 0 Å². The third-order valence-corrected chi connectivity index (χ3v) is 4.31. The molecule has 27 heavy (non-hydrogen) atoms. The van der Waals surface area contributed by atoms with Crippen molar-refractivity contribution in [1.82, 2.24) is 5.32 Å². The van der Waals surface area contributed by atoms with Crippen LogP contribution in [0.3, 0.4) is 0 Å². The molecule has 2 rings (SSSR count). The molecular weight excluding hydrogens is 362 g/mol. The minimum atomic E-state index is 0.0199. The van der Waals surface area contributed by atoms with Gasteiger partial charge in [0.1, 0.15) is 19.0 Å². The molecule has 0 spiro atoms. The molecular formula is C22H30ClNO3. The summed E-state index contributed by atoms with van der Waals surface area (Å²) in [5, 5.41) is 3.66. The molecule has 0 radical (unpaired) electrons. The largest absolute Gasteiger partial charge is 0.490 e. The van der Waals surface area contributed by atoms with Crippen molar-refractivity contribution >= 4 is 11.6 Å². The molecule has 5 heteroatoms. The predicted molar refractivity (Wildman–Crippen MR) is 112 cm³/mol. The zero-order valence-electron chi connectivity index (χ0n) is 16.9. The number of para-hydroxylation sites is 1. The fraction of sp³-hybridized carbons (Fsp3) is 0.455. The molecule has 0 saturated heterocycles. The molecule has 0 saturated carbocycles. The lowest BCUT2D eigenvalue weighted by Crippen LogP contribution is -2.16. The molecule has 0 aromatic heterocycles. The molecule has 2 aromatic rings. The molecule has 0 atom stereocenters. The molecule has 0 aliphatic carbocycles. The number of benzene rings is 2. The van der Waals surface area contributed by atoms with Crippen LogP contribution in [0.5, 0.6) is 17.2 Å². The number of hydrogen-bond acceptors (Lipinski definition) is 4. The first-order valence-electron chi connectivity index (χ1n) is 9.31. The van der Waals surface area contributed by atoms with Gasteiger partial charge in [-0.25, -0.2) is 0 Å². The van der Waals surface area contributed by atoms with E-state index >= 15 is 0 Å². The van der Waals surface area contributed by atoms with E-state index in [2.05, 4.69) is 32.2 Å². The normalized spacial score (nSPS) is 11.3. The number of nitrogens with one attached hydrogen (secondary N) is 1. The maximum Gasteiger partial charge on any atom is 0.179 e. The van der Waals surface area contributed by atoms with Gasteiger partial charge in [0, 0.05) is 6.54 Å². The number of ether oxygens (including phenoxy) is 3. The van der Waals surface area contributed by atoms with E-state index in [9.17, 15) is 0 Å². The van der Waals surface area contributed by atoms with E-state index in [-0.39, 0.29) is 5.41 Å². The van der Waals surface area contributed by atoms with Gasteiger partial charge in [0.15, 0.2) is 11.5 Å². The van der Waals surface area contributed by atoms with Crippen LogP contribution in [0.2, 0.25) is 5.02 Å². The highest BCUT2D eigenvalue weighted by molar-refractivity contribution is 6.32. The maximum absolute atomic E-state index is 6.41. The molecule has 1 N–H and O–H groups in total. The van der Waals surface area contributed by atoms with Gasteiger partial charge < -0.3 is 19.5 Å². The minimum Gasteiger partial charge on any atom is -0.490 e. The van der Waals surface area contributed by atoms with E-state index in [1.165, 1.54) is 5.56 Å². The van der Waals surface area contributed by atoms with E-state index in [1.54, 1.807) is 0 Å². The quantitative estimate of drug-likeness (QED) is 0.595. The van der Waals surface area contributed by atoms with Crippen molar-refractivity contribution in [1.29, 1.82) is 0 Å². The fourth-order valence-electron chi connectivity index (χ4n) is 2.84. The second kappa shape index (κ2) is 9.86. The molecule has 0 fully saturated rings. The Labute approximate surface area is 167 Å². The Morgan fingerprint density at radius 2 is 1.67 bits per heavy atom. The molecule has 4 nitrogen and oxygen atoms in total. The highest BCUT2D eigenvalue weighted by Gasteiger charge is 2.18. The van der Waals surface area contributed by atoms with E-state index in [0.717, 1.165) is 11.3 Å². The van der Waals surface area contributed by atoms with Gasteiger partial charge >= 0.3 is 0 Å². The summed E-state index contributed by atoms with van der Waals surface area (Å²) < 4.78 is 17.6. The van der Waals surface area contributed by atoms with Crippen LogP contribution in [-0.2, 0) is 12.0 Å². The number of rotatable bonds is 9. The van der Waals surface area contributed by atoms with Crippen molar-refractivity contribution in [2.45, 2.75) is 39.7 Å². The summed E-state index contributed by atoms with van der Waals surface area (Å²) in [4.78, 5) is 0. The van der Waals surface area contributed by atoms with Crippen molar-refractivity contribution in [3.8, 4) is 17.2 Å². The predicted octanol–water partition coefficient (Wildman–Crippen LogP) is 5.21. The van der Waals surface area contributed by atoms with E-state index in [4.69, 9.17) is 25.8 Å². The average Bonchev–Trinajstić information content (AvgIpc) is 2.60. The average molecular weight is 392 g/mol. The van der Waals surface area contributed by atoms with Crippen LogP contribution in [-0.4, -0.2) is 26.9 Å². The SMILES string of the molecule is CCOc1cc(CNC)cc(Cl)c1OCCOc1ccccc1C(C)(C)C. The van der Waals surface area contributed by atoms with Crippen LogP contribution in [0.4, 0.5) is 0 Å². The molecule has 2 aromatic carbocycles. The van der Waals surface area contributed by atoms with E-state index in [1.807, 2.05) is 44.3 Å². The van der Waals surface area contributed by atoms with Crippen LogP contribution < -0.4 is 19.5 Å². The Morgan fingerprint density at radius 1 is 0.963 bits per heavy atom. The Morgan fingerprint density at radius 3 is 2.33 bits per heavy atom. The molecule has 0 amide bonds. The van der Waals surface area contributed by atoms with Crippen LogP contribution in [0.1, 0.15) is 38.8 Å². The number of hydrogen-bond donors (Lipinski definition) is 1. The molecule has 148 valence electrons. The summed E-state index contributed by atoms with van der Waals surface area (Å²) in [7, 11) is 1.89. The highest BCUT2D eigenvalue weighted by atomic mass is 35.5. The van der Waals surface area contributed by atoms with E-state index < -0.39 is 0 Å². The Balaban J connectivity index is 2.03. The number of halogens is 1. The van der Waals surface area contributed by atoms with E-state index in [0.29, 0.717) is 42.9 Å². The molecule has 0 aliphatic heterocycles. The van der Waals surface area contributed by atoms with Crippen molar-refractivity contribution in [2.75, 3.05) is 26.9 Å². The van der Waals surface area contributed by atoms with Crippen LogP contribution in [0.15, 0.2) is 36.4 Å². The van der Waals surface area contributed by atoms with Gasteiger partial charge in [-0.1, -0.05) is 50.6 Å². The van der Waals surface area contributed by atoms with Crippen molar-refractivity contribution in [2.24, 2.45) is 0 Å². The van der Waals surface area contributed by atoms with Gasteiger partial charge in [0.05, 0.1) is 11.6 Å². The van der Waals surface area contributed by atoms with Crippen molar-refractivity contribution in [3.05, 3.63) is 52.5 Å². The van der Waals surface area contributed by atoms with Crippen LogP contribution in [0, 0.1) is 0 Å². The van der Waals surface area contributed by atoms with Gasteiger partial charge in [-0.15, -0.1) is 0 Å². The van der Waals surface area contributed by atoms with Crippen LogP contribution >= 0.6 is 11.6 Å². The summed E-state index contributed by atoms with van der Waals surface area (Å²) in [6.45, 7) is 10.5. The molecule has 0 aliphatic rings. The Bertz CT molecular complexity index is 741. The van der Waals surface area contributed by atoms with Crippen molar-refractivity contribution < 1.29 is 14.2 Å².